The molecular formula is C20H24ClN4O3+. The van der Waals surface area contributed by atoms with E-state index in [4.69, 9.17) is 11.6 Å². The van der Waals surface area contributed by atoms with Gasteiger partial charge in [-0.15, -0.1) is 0 Å². The van der Waals surface area contributed by atoms with Crippen molar-refractivity contribution in [2.45, 2.75) is 13.8 Å². The van der Waals surface area contributed by atoms with Crippen molar-refractivity contribution in [2.75, 3.05) is 42.9 Å². The second kappa shape index (κ2) is 8.58. The highest BCUT2D eigenvalue weighted by molar-refractivity contribution is 6.30. The van der Waals surface area contributed by atoms with Crippen LogP contribution in [0.5, 0.6) is 0 Å². The van der Waals surface area contributed by atoms with E-state index in [9.17, 15) is 14.9 Å². The van der Waals surface area contributed by atoms with Crippen LogP contribution >= 0.6 is 11.6 Å². The maximum atomic E-state index is 12.5. The summed E-state index contributed by atoms with van der Waals surface area (Å²) in [6.45, 7) is 7.10. The van der Waals surface area contributed by atoms with Crippen molar-refractivity contribution in [3.63, 3.8) is 0 Å². The molecule has 3 rings (SSSR count). The Morgan fingerprint density at radius 2 is 1.86 bits per heavy atom. The molecule has 0 saturated carbocycles. The second-order valence-corrected chi connectivity index (χ2v) is 7.56. The molecule has 7 nitrogen and oxygen atoms in total. The van der Waals surface area contributed by atoms with E-state index in [-0.39, 0.29) is 11.6 Å². The number of piperazine rings is 1. The van der Waals surface area contributed by atoms with Gasteiger partial charge in [0, 0.05) is 16.8 Å². The Bertz CT molecular complexity index is 875. The molecule has 0 aliphatic carbocycles. The van der Waals surface area contributed by atoms with E-state index in [1.807, 2.05) is 36.9 Å². The van der Waals surface area contributed by atoms with Crippen LogP contribution in [0.1, 0.15) is 11.1 Å². The first-order valence-electron chi connectivity index (χ1n) is 9.23. The number of carbonyl (C=O) groups excluding carboxylic acids is 1. The summed E-state index contributed by atoms with van der Waals surface area (Å²) >= 11 is 5.90. The van der Waals surface area contributed by atoms with Crippen LogP contribution in [0.2, 0.25) is 5.02 Å². The number of hydrogen-bond donors (Lipinski definition) is 2. The van der Waals surface area contributed by atoms with Crippen LogP contribution in [0.15, 0.2) is 36.4 Å². The van der Waals surface area contributed by atoms with Gasteiger partial charge in [0.2, 0.25) is 0 Å². The fourth-order valence-electron chi connectivity index (χ4n) is 3.57. The SMILES string of the molecule is Cc1cccc(C)c1NC(=O)C[NH+]1CCN(c2ccc(Cl)cc2[N+](=O)[O-])CC1. The molecule has 1 aliphatic heterocycles. The Morgan fingerprint density at radius 3 is 2.46 bits per heavy atom. The van der Waals surface area contributed by atoms with Crippen LogP contribution in [0.4, 0.5) is 17.1 Å². The first-order valence-corrected chi connectivity index (χ1v) is 9.61. The molecule has 1 amide bonds. The maximum absolute atomic E-state index is 12.5. The van der Waals surface area contributed by atoms with Gasteiger partial charge in [-0.25, -0.2) is 0 Å². The Hall–Kier alpha value is -2.64. The lowest BCUT2D eigenvalue weighted by Crippen LogP contribution is -3.15. The lowest BCUT2D eigenvalue weighted by molar-refractivity contribution is -0.892. The van der Waals surface area contributed by atoms with Crippen LogP contribution < -0.4 is 15.1 Å². The summed E-state index contributed by atoms with van der Waals surface area (Å²) in [7, 11) is 0. The van der Waals surface area contributed by atoms with Crippen molar-refractivity contribution in [1.82, 2.24) is 0 Å². The van der Waals surface area contributed by atoms with Gasteiger partial charge in [-0.2, -0.15) is 0 Å². The van der Waals surface area contributed by atoms with Crippen molar-refractivity contribution in [1.29, 1.82) is 0 Å². The summed E-state index contributed by atoms with van der Waals surface area (Å²) in [6, 6.07) is 10.7. The Kier molecular flexibility index (Phi) is 6.16. The van der Waals surface area contributed by atoms with Crippen LogP contribution in [0.3, 0.4) is 0 Å². The lowest BCUT2D eigenvalue weighted by Gasteiger charge is -2.33. The zero-order valence-corrected chi connectivity index (χ0v) is 16.8. The van der Waals surface area contributed by atoms with E-state index in [2.05, 4.69) is 5.32 Å². The minimum atomic E-state index is -0.404. The molecule has 2 N–H and O–H groups in total. The van der Waals surface area contributed by atoms with Gasteiger partial charge in [0.05, 0.1) is 31.1 Å². The van der Waals surface area contributed by atoms with E-state index < -0.39 is 4.92 Å². The maximum Gasteiger partial charge on any atom is 0.294 e. The van der Waals surface area contributed by atoms with Crippen LogP contribution in [0.25, 0.3) is 0 Å². The average Bonchev–Trinajstić information content (AvgIpc) is 2.65. The molecule has 1 saturated heterocycles. The first-order chi connectivity index (χ1) is 13.3. The molecule has 2 aromatic rings. The molecule has 8 heteroatoms. The highest BCUT2D eigenvalue weighted by Crippen LogP contribution is 2.30. The van der Waals surface area contributed by atoms with Crippen LogP contribution in [-0.2, 0) is 4.79 Å². The normalized spacial score (nSPS) is 14.8. The molecule has 0 spiro atoms. The molecule has 28 heavy (non-hydrogen) atoms. The fourth-order valence-corrected chi connectivity index (χ4v) is 3.74. The zero-order valence-electron chi connectivity index (χ0n) is 16.0. The highest BCUT2D eigenvalue weighted by atomic mass is 35.5. The number of anilines is 2. The summed E-state index contributed by atoms with van der Waals surface area (Å²) in [5.74, 6) is -0.0154. The Labute approximate surface area is 169 Å². The molecular weight excluding hydrogens is 380 g/mol. The fraction of sp³-hybridized carbons (Fsp3) is 0.350. The number of benzene rings is 2. The monoisotopic (exact) mass is 403 g/mol. The number of carbonyl (C=O) groups is 1. The summed E-state index contributed by atoms with van der Waals surface area (Å²) in [5, 5.41) is 14.7. The van der Waals surface area contributed by atoms with E-state index in [0.717, 1.165) is 34.8 Å². The number of para-hydroxylation sites is 1. The molecule has 0 unspecified atom stereocenters. The van der Waals surface area contributed by atoms with E-state index in [0.29, 0.717) is 30.3 Å². The molecule has 0 aromatic heterocycles. The highest BCUT2D eigenvalue weighted by Gasteiger charge is 2.27. The second-order valence-electron chi connectivity index (χ2n) is 7.12. The standard InChI is InChI=1S/C20H23ClN4O3/c1-14-4-3-5-15(2)20(14)22-19(26)13-23-8-10-24(11-9-23)17-7-6-16(21)12-18(17)25(27)28/h3-7,12H,8-11,13H2,1-2H3,(H,22,26)/p+1. The number of aryl methyl sites for hydroxylation is 2. The van der Waals surface area contributed by atoms with Gasteiger partial charge in [0.25, 0.3) is 11.6 Å². The molecule has 0 bridgehead atoms. The molecule has 0 atom stereocenters. The van der Waals surface area contributed by atoms with Crippen molar-refractivity contribution in [3.8, 4) is 0 Å². The molecule has 2 aromatic carbocycles. The van der Waals surface area contributed by atoms with Gasteiger partial charge < -0.3 is 15.1 Å². The predicted molar refractivity (Wildman–Crippen MR) is 110 cm³/mol. The largest absolute Gasteiger partial charge is 0.355 e. The first kappa shape index (κ1) is 20.1. The third-order valence-corrected chi connectivity index (χ3v) is 5.34. The lowest BCUT2D eigenvalue weighted by atomic mass is 10.1. The van der Waals surface area contributed by atoms with Crippen molar-refractivity contribution in [3.05, 3.63) is 62.7 Å². The van der Waals surface area contributed by atoms with Crippen LogP contribution in [-0.4, -0.2) is 43.6 Å². The zero-order chi connectivity index (χ0) is 20.3. The number of nitro groups is 1. The topological polar surface area (TPSA) is 79.9 Å². The summed E-state index contributed by atoms with van der Waals surface area (Å²) in [5.41, 5.74) is 3.56. The molecule has 148 valence electrons. The number of hydrogen-bond acceptors (Lipinski definition) is 4. The van der Waals surface area contributed by atoms with Gasteiger partial charge >= 0.3 is 0 Å². The van der Waals surface area contributed by atoms with Gasteiger partial charge in [-0.1, -0.05) is 29.8 Å². The Morgan fingerprint density at radius 1 is 1.21 bits per heavy atom. The number of rotatable bonds is 5. The third kappa shape index (κ3) is 4.61. The minimum Gasteiger partial charge on any atom is -0.355 e. The van der Waals surface area contributed by atoms with E-state index >= 15 is 0 Å². The van der Waals surface area contributed by atoms with Gasteiger partial charge in [0.15, 0.2) is 6.54 Å². The molecule has 1 fully saturated rings. The van der Waals surface area contributed by atoms with Gasteiger partial charge in [-0.3, -0.25) is 14.9 Å². The molecule has 1 aliphatic rings. The van der Waals surface area contributed by atoms with E-state index in [1.165, 1.54) is 6.07 Å². The van der Waals surface area contributed by atoms with Gasteiger partial charge in [0.1, 0.15) is 5.69 Å². The third-order valence-electron chi connectivity index (χ3n) is 5.10. The average molecular weight is 404 g/mol. The van der Waals surface area contributed by atoms with Crippen molar-refractivity contribution in [2.24, 2.45) is 0 Å². The van der Waals surface area contributed by atoms with E-state index in [1.54, 1.807) is 12.1 Å². The Balaban J connectivity index is 1.59. The molecule has 0 radical (unpaired) electrons. The number of nitrogens with one attached hydrogen (secondary N) is 2. The summed E-state index contributed by atoms with van der Waals surface area (Å²) in [4.78, 5) is 26.5. The predicted octanol–water partition coefficient (Wildman–Crippen LogP) is 2.21. The number of amides is 1. The number of halogens is 1. The van der Waals surface area contributed by atoms with Gasteiger partial charge in [-0.05, 0) is 37.1 Å². The smallest absolute Gasteiger partial charge is 0.294 e. The summed E-state index contributed by atoms with van der Waals surface area (Å²) < 4.78 is 0. The molecule has 1 heterocycles. The minimum absolute atomic E-state index is 0.0154. The van der Waals surface area contributed by atoms with Crippen molar-refractivity contribution < 1.29 is 14.6 Å². The number of nitrogens with zero attached hydrogens (tertiary/aromatic N) is 2. The van der Waals surface area contributed by atoms with Crippen molar-refractivity contribution >= 4 is 34.6 Å². The quantitative estimate of drug-likeness (QED) is 0.592. The van der Waals surface area contributed by atoms with Crippen LogP contribution in [0, 0.1) is 24.0 Å². The number of nitro benzene ring substituents is 1. The summed E-state index contributed by atoms with van der Waals surface area (Å²) in [6.07, 6.45) is 0. The number of quaternary nitrogens is 1.